The van der Waals surface area contributed by atoms with Crippen molar-refractivity contribution in [2.75, 3.05) is 13.7 Å². The molecule has 1 aromatic heterocycles. The molecule has 4 nitrogen and oxygen atoms in total. The lowest BCUT2D eigenvalue weighted by Crippen LogP contribution is -2.18. The summed E-state index contributed by atoms with van der Waals surface area (Å²) in [5, 5.41) is 2.82. The summed E-state index contributed by atoms with van der Waals surface area (Å²) in [5.41, 5.74) is 2.96. The first-order valence-electron chi connectivity index (χ1n) is 7.81. The van der Waals surface area contributed by atoms with Gasteiger partial charge >= 0.3 is 0 Å². The lowest BCUT2D eigenvalue weighted by Gasteiger charge is -2.18. The quantitative estimate of drug-likeness (QED) is 0.654. The predicted molar refractivity (Wildman–Crippen MR) is 98.3 cm³/mol. The molecular weight excluding hydrogens is 334 g/mol. The number of aromatic nitrogens is 1. The van der Waals surface area contributed by atoms with Gasteiger partial charge in [-0.1, -0.05) is 24.3 Å². The molecule has 4 rings (SSSR count). The van der Waals surface area contributed by atoms with Gasteiger partial charge < -0.3 is 9.47 Å². The lowest BCUT2D eigenvalue weighted by atomic mass is 10.00. The van der Waals surface area contributed by atoms with Gasteiger partial charge in [0.05, 0.1) is 18.4 Å². The second kappa shape index (κ2) is 6.53. The molecule has 0 saturated heterocycles. The first kappa shape index (κ1) is 15.6. The molecule has 2 heterocycles. The number of ketones is 1. The molecule has 124 valence electrons. The Morgan fingerprint density at radius 3 is 2.96 bits per heavy atom. The number of carbonyl (C=O) groups is 1. The number of thiazole rings is 1. The van der Waals surface area contributed by atoms with Crippen LogP contribution in [0.5, 0.6) is 11.5 Å². The molecule has 0 atom stereocenters. The third-order valence-electron chi connectivity index (χ3n) is 3.97. The number of hydrogen-bond acceptors (Lipinski definition) is 5. The van der Waals surface area contributed by atoms with Crippen LogP contribution in [0.25, 0.3) is 16.6 Å². The molecular formula is C20H15NO3S. The minimum atomic E-state index is -0.00206. The Morgan fingerprint density at radius 2 is 2.08 bits per heavy atom. The topological polar surface area (TPSA) is 48.4 Å². The molecule has 0 unspecified atom stereocenters. The van der Waals surface area contributed by atoms with Crippen molar-refractivity contribution in [1.29, 1.82) is 0 Å². The molecule has 0 radical (unpaired) electrons. The van der Waals surface area contributed by atoms with Crippen molar-refractivity contribution in [3.05, 3.63) is 70.7 Å². The van der Waals surface area contributed by atoms with Crippen LogP contribution in [0.3, 0.4) is 0 Å². The highest BCUT2D eigenvalue weighted by molar-refractivity contribution is 7.13. The number of fused-ring (bicyclic) bond motifs is 1. The van der Waals surface area contributed by atoms with Crippen LogP contribution in [0.4, 0.5) is 0 Å². The summed E-state index contributed by atoms with van der Waals surface area (Å²) in [4.78, 5) is 17.2. The largest absolute Gasteiger partial charge is 0.497 e. The molecule has 1 aliphatic heterocycles. The molecule has 3 aromatic rings. The van der Waals surface area contributed by atoms with Crippen molar-refractivity contribution < 1.29 is 14.3 Å². The Bertz CT molecular complexity index is 974. The van der Waals surface area contributed by atoms with E-state index in [9.17, 15) is 4.79 Å². The fraction of sp³-hybridized carbons (Fsp3) is 0.100. The monoisotopic (exact) mass is 349 g/mol. The van der Waals surface area contributed by atoms with E-state index in [1.807, 2.05) is 47.8 Å². The average molecular weight is 349 g/mol. The van der Waals surface area contributed by atoms with Crippen LogP contribution in [-0.4, -0.2) is 24.5 Å². The van der Waals surface area contributed by atoms with Gasteiger partial charge in [-0.05, 0) is 30.3 Å². The molecule has 2 aromatic carbocycles. The van der Waals surface area contributed by atoms with Gasteiger partial charge in [0.2, 0.25) is 0 Å². The smallest absolute Gasteiger partial charge is 0.196 e. The fourth-order valence-corrected chi connectivity index (χ4v) is 3.48. The molecule has 1 aliphatic rings. The molecule has 0 bridgehead atoms. The Labute approximate surface area is 149 Å². The first-order valence-corrected chi connectivity index (χ1v) is 8.69. The average Bonchev–Trinajstić information content (AvgIpc) is 3.13. The van der Waals surface area contributed by atoms with E-state index in [0.29, 0.717) is 16.9 Å². The van der Waals surface area contributed by atoms with Gasteiger partial charge in [0.25, 0.3) is 0 Å². The number of hydrogen-bond donors (Lipinski definition) is 0. The normalized spacial score (nSPS) is 14.9. The van der Waals surface area contributed by atoms with Crippen molar-refractivity contribution in [3.63, 3.8) is 0 Å². The fourth-order valence-electron chi connectivity index (χ4n) is 2.70. The van der Waals surface area contributed by atoms with E-state index in [2.05, 4.69) is 4.98 Å². The van der Waals surface area contributed by atoms with Crippen LogP contribution >= 0.6 is 11.3 Å². The number of ether oxygens (including phenoxy) is 2. The van der Waals surface area contributed by atoms with Crippen LogP contribution in [0, 0.1) is 0 Å². The second-order valence-electron chi connectivity index (χ2n) is 5.59. The van der Waals surface area contributed by atoms with Crippen LogP contribution < -0.4 is 9.47 Å². The second-order valence-corrected chi connectivity index (χ2v) is 6.45. The van der Waals surface area contributed by atoms with Gasteiger partial charge in [0.1, 0.15) is 23.1 Å². The Balaban J connectivity index is 1.63. The van der Waals surface area contributed by atoms with E-state index in [0.717, 1.165) is 22.0 Å². The molecule has 0 fully saturated rings. The zero-order chi connectivity index (χ0) is 17.2. The maximum atomic E-state index is 12.6. The van der Waals surface area contributed by atoms with Crippen LogP contribution in [-0.2, 0) is 0 Å². The summed E-state index contributed by atoms with van der Waals surface area (Å²) < 4.78 is 10.9. The van der Waals surface area contributed by atoms with Crippen molar-refractivity contribution in [1.82, 2.24) is 4.98 Å². The predicted octanol–water partition coefficient (Wildman–Crippen LogP) is 4.48. The van der Waals surface area contributed by atoms with Crippen molar-refractivity contribution in [2.24, 2.45) is 0 Å². The molecule has 0 aliphatic carbocycles. The van der Waals surface area contributed by atoms with Crippen molar-refractivity contribution >= 4 is 23.2 Å². The molecule has 0 amide bonds. The van der Waals surface area contributed by atoms with Gasteiger partial charge in [-0.3, -0.25) is 4.79 Å². The number of methoxy groups -OCH3 is 1. The van der Waals surface area contributed by atoms with E-state index < -0.39 is 0 Å². The Hall–Kier alpha value is -2.92. The Morgan fingerprint density at radius 1 is 1.20 bits per heavy atom. The van der Waals surface area contributed by atoms with Crippen LogP contribution in [0.2, 0.25) is 0 Å². The maximum Gasteiger partial charge on any atom is 0.196 e. The van der Waals surface area contributed by atoms with Gasteiger partial charge in [0, 0.05) is 16.5 Å². The third-order valence-corrected chi connectivity index (χ3v) is 4.88. The zero-order valence-electron chi connectivity index (χ0n) is 13.6. The minimum Gasteiger partial charge on any atom is -0.497 e. The summed E-state index contributed by atoms with van der Waals surface area (Å²) in [6.45, 7) is 0.266. The summed E-state index contributed by atoms with van der Waals surface area (Å²) >= 11 is 1.53. The lowest BCUT2D eigenvalue weighted by molar-refractivity contribution is 0.100. The zero-order valence-corrected chi connectivity index (χ0v) is 14.4. The third kappa shape index (κ3) is 3.06. The van der Waals surface area contributed by atoms with E-state index in [1.165, 1.54) is 11.3 Å². The summed E-state index contributed by atoms with van der Waals surface area (Å²) in [6, 6.07) is 15.1. The number of carbonyl (C=O) groups excluding carboxylic acids is 1. The van der Waals surface area contributed by atoms with Gasteiger partial charge in [-0.15, -0.1) is 11.3 Å². The maximum absolute atomic E-state index is 12.6. The van der Waals surface area contributed by atoms with Crippen LogP contribution in [0.15, 0.2) is 59.5 Å². The van der Waals surface area contributed by atoms with E-state index in [1.54, 1.807) is 19.3 Å². The molecule has 25 heavy (non-hydrogen) atoms. The number of nitrogens with zero attached hydrogens (tertiary/aromatic N) is 1. The van der Waals surface area contributed by atoms with Gasteiger partial charge in [0.15, 0.2) is 5.78 Å². The molecule has 5 heteroatoms. The minimum absolute atomic E-state index is 0.00206. The number of para-hydroxylation sites is 1. The number of Topliss-reactive ketones (excluding diaryl/α,β-unsaturated/α-hetero) is 1. The van der Waals surface area contributed by atoms with E-state index in [-0.39, 0.29) is 12.4 Å². The summed E-state index contributed by atoms with van der Waals surface area (Å²) in [7, 11) is 1.64. The first-order chi connectivity index (χ1) is 12.2. The number of benzene rings is 2. The van der Waals surface area contributed by atoms with Gasteiger partial charge in [-0.25, -0.2) is 4.98 Å². The highest BCUT2D eigenvalue weighted by Gasteiger charge is 2.23. The molecule has 0 saturated carbocycles. The van der Waals surface area contributed by atoms with Crippen molar-refractivity contribution in [2.45, 2.75) is 0 Å². The molecule has 0 N–H and O–H groups in total. The van der Waals surface area contributed by atoms with E-state index >= 15 is 0 Å². The van der Waals surface area contributed by atoms with Gasteiger partial charge in [-0.2, -0.15) is 0 Å². The van der Waals surface area contributed by atoms with E-state index in [4.69, 9.17) is 9.47 Å². The SMILES string of the molecule is COc1cccc(-c2nc(/C=C3/COc4ccccc4C3=O)cs2)c1. The van der Waals surface area contributed by atoms with Crippen molar-refractivity contribution in [3.8, 4) is 22.1 Å². The highest BCUT2D eigenvalue weighted by atomic mass is 32.1. The highest BCUT2D eigenvalue weighted by Crippen LogP contribution is 2.30. The summed E-state index contributed by atoms with van der Waals surface area (Å²) in [5.74, 6) is 1.43. The number of rotatable bonds is 3. The standard InChI is InChI=1S/C20H15NO3S/c1-23-16-6-4-5-13(10-16)20-21-15(12-25-20)9-14-11-24-18-8-3-2-7-17(18)19(14)22/h2-10,12H,11H2,1H3/b14-9-. The van der Waals surface area contributed by atoms with Crippen LogP contribution in [0.1, 0.15) is 16.1 Å². The molecule has 0 spiro atoms. The summed E-state index contributed by atoms with van der Waals surface area (Å²) in [6.07, 6.45) is 1.80. The Kier molecular flexibility index (Phi) is 4.07.